The molecule has 0 bridgehead atoms. The second-order valence-electron chi connectivity index (χ2n) is 7.11. The van der Waals surface area contributed by atoms with Crippen molar-refractivity contribution in [2.24, 2.45) is 11.8 Å². The van der Waals surface area contributed by atoms with Crippen molar-refractivity contribution >= 4 is 33.2 Å². The zero-order valence-corrected chi connectivity index (χ0v) is 15.3. The van der Waals surface area contributed by atoms with Gasteiger partial charge in [0, 0.05) is 34.2 Å². The Bertz CT molecular complexity index is 530. The maximum absolute atomic E-state index is 6.11. The predicted octanol–water partition coefficient (Wildman–Crippen LogP) is 4.71. The second kappa shape index (κ2) is 5.75. The maximum atomic E-state index is 6.11. The molecule has 3 rings (SSSR count). The van der Waals surface area contributed by atoms with E-state index in [0.29, 0.717) is 12.0 Å². The lowest BCUT2D eigenvalue weighted by atomic mass is 9.87. The fourth-order valence-corrected chi connectivity index (χ4v) is 4.45. The highest BCUT2D eigenvalue weighted by molar-refractivity contribution is 9.10. The zero-order valence-electron chi connectivity index (χ0n) is 13.0. The molecule has 1 aromatic carbocycles. The predicted molar refractivity (Wildman–Crippen MR) is 94.3 cm³/mol. The first-order valence-electron chi connectivity index (χ1n) is 7.87. The molecule has 2 atom stereocenters. The van der Waals surface area contributed by atoms with E-state index in [-0.39, 0.29) is 5.54 Å². The van der Waals surface area contributed by atoms with Gasteiger partial charge in [0.2, 0.25) is 0 Å². The van der Waals surface area contributed by atoms with Gasteiger partial charge in [0.15, 0.2) is 0 Å². The van der Waals surface area contributed by atoms with Gasteiger partial charge in [-0.25, -0.2) is 0 Å². The van der Waals surface area contributed by atoms with E-state index in [1.54, 1.807) is 0 Å². The lowest BCUT2D eigenvalue weighted by molar-refractivity contribution is 0.233. The van der Waals surface area contributed by atoms with Gasteiger partial charge in [-0.1, -0.05) is 25.4 Å². The highest BCUT2D eigenvalue weighted by Crippen LogP contribution is 2.43. The van der Waals surface area contributed by atoms with Crippen molar-refractivity contribution < 1.29 is 0 Å². The molecule has 21 heavy (non-hydrogen) atoms. The van der Waals surface area contributed by atoms with Gasteiger partial charge < -0.3 is 10.2 Å². The third kappa shape index (κ3) is 3.11. The number of nitrogens with one attached hydrogen (secondary N) is 1. The average Bonchev–Trinajstić information content (AvgIpc) is 3.22. The summed E-state index contributed by atoms with van der Waals surface area (Å²) in [5.41, 5.74) is 1.51. The minimum atomic E-state index is 0.241. The number of benzene rings is 1. The molecule has 2 unspecified atom stereocenters. The van der Waals surface area contributed by atoms with Gasteiger partial charge >= 0.3 is 0 Å². The van der Waals surface area contributed by atoms with Crippen LogP contribution in [0.5, 0.6) is 0 Å². The Balaban J connectivity index is 1.93. The zero-order chi connectivity index (χ0) is 15.2. The van der Waals surface area contributed by atoms with Gasteiger partial charge in [-0.2, -0.15) is 0 Å². The molecule has 0 spiro atoms. The molecule has 0 amide bonds. The molecule has 2 fully saturated rings. The molecular formula is C17H24BrClN2. The molecule has 0 radical (unpaired) electrons. The van der Waals surface area contributed by atoms with Crippen LogP contribution in [0.4, 0.5) is 5.69 Å². The van der Waals surface area contributed by atoms with E-state index < -0.39 is 0 Å². The lowest BCUT2D eigenvalue weighted by Crippen LogP contribution is -2.65. The Hall–Kier alpha value is -0.250. The SMILES string of the molecule is CC(C)C1CNC(C)(C2CC2)CN1c1ccc(Cl)cc1Br. The number of halogens is 2. The molecule has 4 heteroatoms. The Labute approximate surface area is 141 Å². The summed E-state index contributed by atoms with van der Waals surface area (Å²) in [5.74, 6) is 1.45. The third-order valence-corrected chi connectivity index (χ3v) is 5.95. The monoisotopic (exact) mass is 370 g/mol. The summed E-state index contributed by atoms with van der Waals surface area (Å²) in [5, 5.41) is 4.62. The van der Waals surface area contributed by atoms with Crippen molar-refractivity contribution in [2.75, 3.05) is 18.0 Å². The van der Waals surface area contributed by atoms with Crippen molar-refractivity contribution in [1.29, 1.82) is 0 Å². The van der Waals surface area contributed by atoms with E-state index in [4.69, 9.17) is 11.6 Å². The van der Waals surface area contributed by atoms with Gasteiger partial charge in [0.05, 0.1) is 5.69 Å². The minimum absolute atomic E-state index is 0.241. The lowest BCUT2D eigenvalue weighted by Gasteiger charge is -2.49. The summed E-state index contributed by atoms with van der Waals surface area (Å²) in [6.07, 6.45) is 2.73. The number of hydrogen-bond acceptors (Lipinski definition) is 2. The molecule has 1 aliphatic carbocycles. The summed E-state index contributed by atoms with van der Waals surface area (Å²) in [6.45, 7) is 9.13. The molecule has 2 nitrogen and oxygen atoms in total. The summed E-state index contributed by atoms with van der Waals surface area (Å²) in [6, 6.07) is 6.68. The van der Waals surface area contributed by atoms with E-state index in [1.807, 2.05) is 12.1 Å². The fraction of sp³-hybridized carbons (Fsp3) is 0.647. The van der Waals surface area contributed by atoms with E-state index in [0.717, 1.165) is 28.5 Å². The van der Waals surface area contributed by atoms with Crippen molar-refractivity contribution in [3.8, 4) is 0 Å². The molecule has 1 saturated carbocycles. The first-order valence-corrected chi connectivity index (χ1v) is 9.04. The summed E-state index contributed by atoms with van der Waals surface area (Å²) in [4.78, 5) is 2.58. The van der Waals surface area contributed by atoms with E-state index in [1.165, 1.54) is 18.5 Å². The molecule has 0 aromatic heterocycles. The fourth-order valence-electron chi connectivity index (χ4n) is 3.54. The van der Waals surface area contributed by atoms with E-state index in [9.17, 15) is 0 Å². The van der Waals surface area contributed by atoms with Crippen molar-refractivity contribution in [1.82, 2.24) is 5.32 Å². The van der Waals surface area contributed by atoms with Gasteiger partial charge in [-0.3, -0.25) is 0 Å². The summed E-state index contributed by atoms with van der Waals surface area (Å²) < 4.78 is 1.10. The molecule has 1 aromatic rings. The molecular weight excluding hydrogens is 348 g/mol. The smallest absolute Gasteiger partial charge is 0.0515 e. The quantitative estimate of drug-likeness (QED) is 0.828. The van der Waals surface area contributed by atoms with Crippen LogP contribution in [0, 0.1) is 11.8 Å². The highest BCUT2D eigenvalue weighted by Gasteiger charge is 2.46. The molecule has 1 saturated heterocycles. The summed E-state index contributed by atoms with van der Waals surface area (Å²) in [7, 11) is 0. The largest absolute Gasteiger partial charge is 0.364 e. The second-order valence-corrected chi connectivity index (χ2v) is 8.40. The van der Waals surface area contributed by atoms with Crippen molar-refractivity contribution in [2.45, 2.75) is 45.2 Å². The van der Waals surface area contributed by atoms with Gasteiger partial charge in [0.1, 0.15) is 0 Å². The van der Waals surface area contributed by atoms with E-state index >= 15 is 0 Å². The Morgan fingerprint density at radius 1 is 1.38 bits per heavy atom. The molecule has 116 valence electrons. The summed E-state index contributed by atoms with van der Waals surface area (Å²) >= 11 is 9.81. The van der Waals surface area contributed by atoms with Crippen LogP contribution in [0.25, 0.3) is 0 Å². The number of anilines is 1. The van der Waals surface area contributed by atoms with Gasteiger partial charge in [0.25, 0.3) is 0 Å². The van der Waals surface area contributed by atoms with Crippen LogP contribution < -0.4 is 10.2 Å². The maximum Gasteiger partial charge on any atom is 0.0515 e. The Morgan fingerprint density at radius 2 is 2.10 bits per heavy atom. The van der Waals surface area contributed by atoms with Gasteiger partial charge in [-0.15, -0.1) is 0 Å². The van der Waals surface area contributed by atoms with Crippen LogP contribution in [-0.4, -0.2) is 24.7 Å². The number of rotatable bonds is 3. The van der Waals surface area contributed by atoms with Crippen LogP contribution in [0.3, 0.4) is 0 Å². The molecule has 1 N–H and O–H groups in total. The first-order chi connectivity index (χ1) is 9.90. The number of nitrogens with zero attached hydrogens (tertiary/aromatic N) is 1. The van der Waals surface area contributed by atoms with Crippen molar-refractivity contribution in [3.63, 3.8) is 0 Å². The van der Waals surface area contributed by atoms with Gasteiger partial charge in [-0.05, 0) is 65.7 Å². The first kappa shape index (κ1) is 15.6. The standard InChI is InChI=1S/C17H24BrClN2/c1-11(2)16-9-20-17(3,12-4-5-12)10-21(16)15-7-6-13(19)8-14(15)18/h6-8,11-12,16,20H,4-5,9-10H2,1-3H3. The average molecular weight is 372 g/mol. The van der Waals surface area contributed by atoms with Crippen LogP contribution in [0.1, 0.15) is 33.6 Å². The number of piperazine rings is 1. The van der Waals surface area contributed by atoms with Crippen LogP contribution in [-0.2, 0) is 0 Å². The Morgan fingerprint density at radius 3 is 2.67 bits per heavy atom. The van der Waals surface area contributed by atoms with Crippen molar-refractivity contribution in [3.05, 3.63) is 27.7 Å². The normalized spacial score (nSPS) is 30.0. The number of hydrogen-bond donors (Lipinski definition) is 1. The van der Waals surface area contributed by atoms with Crippen LogP contribution in [0.2, 0.25) is 5.02 Å². The highest BCUT2D eigenvalue weighted by atomic mass is 79.9. The topological polar surface area (TPSA) is 15.3 Å². The molecule has 1 heterocycles. The molecule has 2 aliphatic rings. The van der Waals surface area contributed by atoms with Crippen LogP contribution >= 0.6 is 27.5 Å². The molecule has 1 aliphatic heterocycles. The minimum Gasteiger partial charge on any atom is -0.364 e. The van der Waals surface area contributed by atoms with Crippen LogP contribution in [0.15, 0.2) is 22.7 Å². The Kier molecular flexibility index (Phi) is 4.28. The third-order valence-electron chi connectivity index (χ3n) is 5.08. The van der Waals surface area contributed by atoms with E-state index in [2.05, 4.69) is 53.0 Å².